The Balaban J connectivity index is 2.05. The van der Waals surface area contributed by atoms with Crippen LogP contribution >= 0.6 is 0 Å². The van der Waals surface area contributed by atoms with Gasteiger partial charge in [0, 0.05) is 6.04 Å². The second-order valence-corrected chi connectivity index (χ2v) is 4.15. The summed E-state index contributed by atoms with van der Waals surface area (Å²) in [4.78, 5) is 35.0. The molecule has 1 saturated heterocycles. The number of carbonyl (C=O) groups excluding carboxylic acids is 2. The first-order valence-electron chi connectivity index (χ1n) is 5.25. The van der Waals surface area contributed by atoms with Gasteiger partial charge >= 0.3 is 5.97 Å². The van der Waals surface area contributed by atoms with Crippen LogP contribution in [-0.2, 0) is 19.1 Å². The van der Waals surface area contributed by atoms with Gasteiger partial charge in [0.15, 0.2) is 0 Å². The summed E-state index contributed by atoms with van der Waals surface area (Å²) >= 11 is 0. The molecule has 1 aliphatic carbocycles. The molecule has 6 heteroatoms. The predicted octanol–water partition coefficient (Wildman–Crippen LogP) is -0.375. The fourth-order valence-corrected chi connectivity index (χ4v) is 2.33. The molecular weight excluding hydrogens is 214 g/mol. The van der Waals surface area contributed by atoms with E-state index in [1.54, 1.807) is 0 Å². The molecule has 0 bridgehead atoms. The number of amides is 2. The van der Waals surface area contributed by atoms with Crippen molar-refractivity contribution in [2.24, 2.45) is 5.92 Å². The molecule has 88 valence electrons. The molecule has 0 spiro atoms. The molecule has 1 aliphatic heterocycles. The van der Waals surface area contributed by atoms with Gasteiger partial charge in [-0.25, -0.2) is 0 Å². The Labute approximate surface area is 92.2 Å². The molecular formula is C10H13NO5. The normalized spacial score (nSPS) is 30.9. The molecule has 0 aromatic heterocycles. The van der Waals surface area contributed by atoms with E-state index < -0.39 is 11.9 Å². The molecule has 0 radical (unpaired) electrons. The van der Waals surface area contributed by atoms with Gasteiger partial charge in [0.25, 0.3) is 11.8 Å². The van der Waals surface area contributed by atoms with Crippen LogP contribution in [0.25, 0.3) is 0 Å². The molecule has 1 saturated carbocycles. The molecule has 2 amide bonds. The number of carboxylic acids is 1. The number of nitrogens with zero attached hydrogens (tertiary/aromatic N) is 1. The van der Waals surface area contributed by atoms with Crippen LogP contribution in [0.2, 0.25) is 0 Å². The number of hydrogen-bond acceptors (Lipinski definition) is 4. The van der Waals surface area contributed by atoms with Crippen LogP contribution in [0.5, 0.6) is 0 Å². The molecule has 16 heavy (non-hydrogen) atoms. The van der Waals surface area contributed by atoms with E-state index in [1.165, 1.54) is 4.90 Å². The Bertz CT molecular complexity index is 324. The molecule has 2 rings (SSSR count). The molecule has 2 atom stereocenters. The number of hydrogen-bond donors (Lipinski definition) is 1. The van der Waals surface area contributed by atoms with Gasteiger partial charge in [0.2, 0.25) is 0 Å². The molecule has 2 aliphatic rings. The second-order valence-electron chi connectivity index (χ2n) is 4.15. The lowest BCUT2D eigenvalue weighted by molar-refractivity contribution is -0.161. The standard InChI is InChI=1S/C10H13NO5/c12-8-4-16-5-9(13)11(8)7-2-1-6(3-7)10(14)15/h6-7H,1-5H2,(H,14,15)/t6-,7+/m1/s1. The first-order chi connectivity index (χ1) is 7.59. The third kappa shape index (κ3) is 1.92. The average Bonchev–Trinajstić information content (AvgIpc) is 2.66. The van der Waals surface area contributed by atoms with Crippen molar-refractivity contribution in [2.45, 2.75) is 25.3 Å². The summed E-state index contributed by atoms with van der Waals surface area (Å²) in [6.45, 7) is -0.167. The summed E-state index contributed by atoms with van der Waals surface area (Å²) in [5.41, 5.74) is 0. The van der Waals surface area contributed by atoms with Gasteiger partial charge in [-0.1, -0.05) is 0 Å². The summed E-state index contributed by atoms with van der Waals surface area (Å²) in [5, 5.41) is 8.85. The number of ether oxygens (including phenoxy) is 1. The fourth-order valence-electron chi connectivity index (χ4n) is 2.33. The maximum Gasteiger partial charge on any atom is 0.306 e. The molecule has 0 unspecified atom stereocenters. The van der Waals surface area contributed by atoms with Gasteiger partial charge in [-0.05, 0) is 19.3 Å². The smallest absolute Gasteiger partial charge is 0.306 e. The van der Waals surface area contributed by atoms with Gasteiger partial charge in [0.05, 0.1) is 5.92 Å². The summed E-state index contributed by atoms with van der Waals surface area (Å²) in [6.07, 6.45) is 1.47. The lowest BCUT2D eigenvalue weighted by Crippen LogP contribution is -2.50. The monoisotopic (exact) mass is 227 g/mol. The third-order valence-corrected chi connectivity index (χ3v) is 3.11. The van der Waals surface area contributed by atoms with E-state index in [9.17, 15) is 14.4 Å². The van der Waals surface area contributed by atoms with E-state index in [-0.39, 0.29) is 31.1 Å². The van der Waals surface area contributed by atoms with E-state index in [0.717, 1.165) is 0 Å². The van der Waals surface area contributed by atoms with Crippen molar-refractivity contribution in [1.82, 2.24) is 4.90 Å². The van der Waals surface area contributed by atoms with E-state index in [4.69, 9.17) is 9.84 Å². The Kier molecular flexibility index (Phi) is 2.91. The van der Waals surface area contributed by atoms with Crippen LogP contribution in [0.3, 0.4) is 0 Å². The number of carboxylic acid groups (broad SMARTS) is 1. The Morgan fingerprint density at radius 1 is 1.25 bits per heavy atom. The van der Waals surface area contributed by atoms with Crippen LogP contribution in [0.4, 0.5) is 0 Å². The third-order valence-electron chi connectivity index (χ3n) is 3.11. The average molecular weight is 227 g/mol. The number of morpholine rings is 1. The first kappa shape index (κ1) is 11.1. The van der Waals surface area contributed by atoms with Gasteiger partial charge < -0.3 is 9.84 Å². The van der Waals surface area contributed by atoms with Crippen molar-refractivity contribution in [2.75, 3.05) is 13.2 Å². The van der Waals surface area contributed by atoms with Crippen molar-refractivity contribution in [1.29, 1.82) is 0 Å². The van der Waals surface area contributed by atoms with Crippen molar-refractivity contribution >= 4 is 17.8 Å². The SMILES string of the molecule is O=C(O)[C@@H]1CC[C@H](N2C(=O)COCC2=O)C1. The van der Waals surface area contributed by atoms with E-state index in [2.05, 4.69) is 0 Å². The highest BCUT2D eigenvalue weighted by atomic mass is 16.5. The molecule has 0 aromatic rings. The maximum atomic E-state index is 11.5. The van der Waals surface area contributed by atoms with Gasteiger partial charge in [-0.3, -0.25) is 19.3 Å². The molecule has 6 nitrogen and oxygen atoms in total. The van der Waals surface area contributed by atoms with Crippen LogP contribution in [-0.4, -0.2) is 47.0 Å². The zero-order chi connectivity index (χ0) is 11.7. The van der Waals surface area contributed by atoms with Gasteiger partial charge in [-0.15, -0.1) is 0 Å². The van der Waals surface area contributed by atoms with E-state index in [0.29, 0.717) is 19.3 Å². The van der Waals surface area contributed by atoms with Crippen molar-refractivity contribution in [3.63, 3.8) is 0 Å². The lowest BCUT2D eigenvalue weighted by atomic mass is 10.1. The zero-order valence-corrected chi connectivity index (χ0v) is 8.72. The number of carbonyl (C=O) groups is 3. The zero-order valence-electron chi connectivity index (χ0n) is 8.72. The van der Waals surface area contributed by atoms with Gasteiger partial charge in [0.1, 0.15) is 13.2 Å². The Hall–Kier alpha value is -1.43. The maximum absolute atomic E-state index is 11.5. The summed E-state index contributed by atoms with van der Waals surface area (Å²) in [6, 6.07) is -0.259. The van der Waals surface area contributed by atoms with Crippen LogP contribution in [0.15, 0.2) is 0 Å². The highest BCUT2D eigenvalue weighted by molar-refractivity contribution is 5.98. The lowest BCUT2D eigenvalue weighted by Gasteiger charge is -2.30. The summed E-state index contributed by atoms with van der Waals surface area (Å²) < 4.78 is 4.80. The molecule has 1 heterocycles. The number of rotatable bonds is 2. The van der Waals surface area contributed by atoms with Crippen molar-refractivity contribution in [3.8, 4) is 0 Å². The van der Waals surface area contributed by atoms with Crippen LogP contribution in [0, 0.1) is 5.92 Å². The van der Waals surface area contributed by atoms with E-state index >= 15 is 0 Å². The molecule has 2 fully saturated rings. The molecule has 1 N–H and O–H groups in total. The van der Waals surface area contributed by atoms with Gasteiger partial charge in [-0.2, -0.15) is 0 Å². The fraction of sp³-hybridized carbons (Fsp3) is 0.700. The first-order valence-corrected chi connectivity index (χ1v) is 5.25. The number of imide groups is 1. The Morgan fingerprint density at radius 3 is 2.38 bits per heavy atom. The van der Waals surface area contributed by atoms with Crippen LogP contribution < -0.4 is 0 Å². The minimum absolute atomic E-state index is 0.0834. The predicted molar refractivity (Wildman–Crippen MR) is 51.4 cm³/mol. The summed E-state index contributed by atoms with van der Waals surface area (Å²) in [5.74, 6) is -2.00. The van der Waals surface area contributed by atoms with Crippen molar-refractivity contribution in [3.05, 3.63) is 0 Å². The van der Waals surface area contributed by atoms with Crippen LogP contribution in [0.1, 0.15) is 19.3 Å². The highest BCUT2D eigenvalue weighted by Crippen LogP contribution is 2.30. The Morgan fingerprint density at radius 2 is 1.88 bits per heavy atom. The largest absolute Gasteiger partial charge is 0.481 e. The summed E-state index contributed by atoms with van der Waals surface area (Å²) in [7, 11) is 0. The minimum atomic E-state index is -0.851. The molecule has 0 aromatic carbocycles. The minimum Gasteiger partial charge on any atom is -0.481 e. The number of aliphatic carboxylic acids is 1. The quantitative estimate of drug-likeness (QED) is 0.650. The van der Waals surface area contributed by atoms with Crippen molar-refractivity contribution < 1.29 is 24.2 Å². The topological polar surface area (TPSA) is 83.9 Å². The second kappa shape index (κ2) is 4.21. The highest BCUT2D eigenvalue weighted by Gasteiger charge is 2.39. The van der Waals surface area contributed by atoms with E-state index in [1.807, 2.05) is 0 Å².